The van der Waals surface area contributed by atoms with E-state index in [-0.39, 0.29) is 46.4 Å². The summed E-state index contributed by atoms with van der Waals surface area (Å²) in [6, 6.07) is 14.0. The zero-order valence-electron chi connectivity index (χ0n) is 21.0. The second-order valence-electron chi connectivity index (χ2n) is 9.04. The van der Waals surface area contributed by atoms with E-state index in [1.165, 1.54) is 53.2 Å². The van der Waals surface area contributed by atoms with E-state index >= 15 is 0 Å². The molecule has 0 radical (unpaired) electrons. The maximum Gasteiger partial charge on any atom is 0.335 e. The highest BCUT2D eigenvalue weighted by molar-refractivity contribution is 6.31. The number of carboxylic acid groups (broad SMARTS) is 1. The van der Waals surface area contributed by atoms with E-state index in [0.717, 1.165) is 11.0 Å². The Hall–Kier alpha value is -4.77. The molecule has 40 heavy (non-hydrogen) atoms. The van der Waals surface area contributed by atoms with Crippen LogP contribution < -0.4 is 10.1 Å². The molecule has 0 saturated heterocycles. The molecule has 2 heterocycles. The summed E-state index contributed by atoms with van der Waals surface area (Å²) in [6.45, 7) is -0.849. The lowest BCUT2D eigenvalue weighted by Crippen LogP contribution is -2.38. The lowest BCUT2D eigenvalue weighted by molar-refractivity contribution is -0.117. The molecule has 9 nitrogen and oxygen atoms in total. The minimum absolute atomic E-state index is 0.0272. The van der Waals surface area contributed by atoms with Gasteiger partial charge in [0, 0.05) is 42.0 Å². The van der Waals surface area contributed by atoms with E-state index in [9.17, 15) is 28.3 Å². The van der Waals surface area contributed by atoms with Gasteiger partial charge in [-0.3, -0.25) is 14.3 Å². The number of carboxylic acids is 1. The average molecular weight is 567 g/mol. The Morgan fingerprint density at radius 3 is 2.62 bits per heavy atom. The van der Waals surface area contributed by atoms with E-state index in [2.05, 4.69) is 10.4 Å². The Morgan fingerprint density at radius 1 is 1.10 bits per heavy atom. The quantitative estimate of drug-likeness (QED) is 0.329. The highest BCUT2D eigenvalue weighted by Crippen LogP contribution is 2.41. The molecule has 2 N–H and O–H groups in total. The van der Waals surface area contributed by atoms with Crippen molar-refractivity contribution in [3.63, 3.8) is 0 Å². The summed E-state index contributed by atoms with van der Waals surface area (Å²) in [4.78, 5) is 39.2. The molecule has 0 unspecified atom stereocenters. The van der Waals surface area contributed by atoms with Crippen LogP contribution in [0.2, 0.25) is 5.02 Å². The number of anilines is 1. The van der Waals surface area contributed by atoms with Crippen molar-refractivity contribution in [3.05, 3.63) is 99.7 Å². The van der Waals surface area contributed by atoms with Gasteiger partial charge in [-0.25, -0.2) is 13.6 Å². The number of aryl methyl sites for hydroxylation is 1. The third-order valence-corrected chi connectivity index (χ3v) is 6.62. The number of carbonyl (C=O) groups is 3. The maximum absolute atomic E-state index is 14.6. The van der Waals surface area contributed by atoms with Crippen molar-refractivity contribution in [2.24, 2.45) is 7.05 Å². The number of carbonyl (C=O) groups excluding carboxylic acids is 2. The number of aromatic carboxylic acids is 1. The Labute approximate surface area is 231 Å². The molecule has 0 spiro atoms. The first-order valence-electron chi connectivity index (χ1n) is 12.0. The first kappa shape index (κ1) is 26.8. The number of ether oxygens (including phenoxy) is 1. The highest BCUT2D eigenvalue weighted by atomic mass is 35.5. The minimum atomic E-state index is -1.17. The summed E-state index contributed by atoms with van der Waals surface area (Å²) in [5.74, 6) is -3.45. The van der Waals surface area contributed by atoms with Crippen LogP contribution in [-0.2, 0) is 25.0 Å². The number of benzene rings is 3. The van der Waals surface area contributed by atoms with Gasteiger partial charge in [-0.2, -0.15) is 5.10 Å². The van der Waals surface area contributed by atoms with E-state index in [4.69, 9.17) is 16.3 Å². The monoisotopic (exact) mass is 566 g/mol. The van der Waals surface area contributed by atoms with Crippen LogP contribution in [0.5, 0.6) is 5.75 Å². The molecule has 12 heteroatoms. The Morgan fingerprint density at radius 2 is 1.88 bits per heavy atom. The van der Waals surface area contributed by atoms with Crippen LogP contribution >= 0.6 is 11.6 Å². The fourth-order valence-electron chi connectivity index (χ4n) is 4.48. The summed E-state index contributed by atoms with van der Waals surface area (Å²) in [5.41, 5.74) is 1.66. The van der Waals surface area contributed by atoms with E-state index in [1.807, 2.05) is 0 Å². The normalized spacial score (nSPS) is 11.7. The molecule has 1 aliphatic rings. The number of nitrogens with one attached hydrogen (secondary N) is 1. The number of nitrogens with zero attached hydrogens (tertiary/aromatic N) is 3. The van der Waals surface area contributed by atoms with Gasteiger partial charge in [-0.15, -0.1) is 0 Å². The third kappa shape index (κ3) is 5.23. The number of amides is 2. The number of hydrogen-bond acceptors (Lipinski definition) is 5. The van der Waals surface area contributed by atoms with Gasteiger partial charge < -0.3 is 20.1 Å². The summed E-state index contributed by atoms with van der Waals surface area (Å²) in [5, 5.41) is 16.0. The van der Waals surface area contributed by atoms with Crippen molar-refractivity contribution >= 4 is 35.1 Å². The molecule has 4 aromatic rings. The van der Waals surface area contributed by atoms with E-state index in [1.54, 1.807) is 13.1 Å². The second kappa shape index (κ2) is 10.8. The van der Waals surface area contributed by atoms with Crippen LogP contribution in [0.25, 0.3) is 11.3 Å². The molecule has 0 saturated carbocycles. The van der Waals surface area contributed by atoms with Crippen molar-refractivity contribution in [2.45, 2.75) is 13.2 Å². The number of halogens is 3. The van der Waals surface area contributed by atoms with Crippen molar-refractivity contribution in [1.82, 2.24) is 14.7 Å². The zero-order chi connectivity index (χ0) is 28.6. The largest absolute Gasteiger partial charge is 0.488 e. The molecule has 0 fully saturated rings. The van der Waals surface area contributed by atoms with Gasteiger partial charge in [0.05, 0.1) is 16.3 Å². The molecule has 0 atom stereocenters. The van der Waals surface area contributed by atoms with Crippen molar-refractivity contribution < 1.29 is 33.0 Å². The van der Waals surface area contributed by atoms with Gasteiger partial charge in [-0.05, 0) is 30.3 Å². The van der Waals surface area contributed by atoms with Gasteiger partial charge in [-0.1, -0.05) is 35.9 Å². The van der Waals surface area contributed by atoms with Gasteiger partial charge in [0.25, 0.3) is 5.91 Å². The molecule has 0 aliphatic carbocycles. The standard InChI is InChI=1S/C28H21ClF2N4O5/c1-34-26-18-10-20(29)22(31)11-23(18)40-14-19(26)25(33-34)27(37)35(12-16-5-2-3-8-21(16)30)13-24(36)32-17-7-4-6-15(9-17)28(38)39/h2-11H,12-14H2,1H3,(H,32,36)(H,38,39). The Kier molecular flexibility index (Phi) is 7.22. The highest BCUT2D eigenvalue weighted by Gasteiger charge is 2.32. The van der Waals surface area contributed by atoms with Crippen LogP contribution in [0.3, 0.4) is 0 Å². The first-order chi connectivity index (χ1) is 19.1. The lowest BCUT2D eigenvalue weighted by Gasteiger charge is -2.23. The summed E-state index contributed by atoms with van der Waals surface area (Å²) in [6.07, 6.45) is 0. The lowest BCUT2D eigenvalue weighted by atomic mass is 10.0. The second-order valence-corrected chi connectivity index (χ2v) is 9.44. The van der Waals surface area contributed by atoms with Crippen molar-refractivity contribution in [2.75, 3.05) is 11.9 Å². The number of rotatable bonds is 7. The van der Waals surface area contributed by atoms with Crippen LogP contribution in [0, 0.1) is 11.6 Å². The molecule has 1 aromatic heterocycles. The molecule has 204 valence electrons. The molecule has 3 aromatic carbocycles. The van der Waals surface area contributed by atoms with Gasteiger partial charge in [0.15, 0.2) is 5.69 Å². The Bertz CT molecular complexity index is 1670. The summed E-state index contributed by atoms with van der Waals surface area (Å²) in [7, 11) is 1.60. The molecule has 0 bridgehead atoms. The van der Waals surface area contributed by atoms with Crippen molar-refractivity contribution in [1.29, 1.82) is 0 Å². The fraction of sp³-hybridized carbons (Fsp3) is 0.143. The van der Waals surface area contributed by atoms with Crippen LogP contribution in [0.4, 0.5) is 14.5 Å². The SMILES string of the molecule is Cn1nc(C(=O)N(CC(=O)Nc2cccc(C(=O)O)c2)Cc2ccccc2F)c2c1-c1cc(Cl)c(F)cc1OC2. The molecular formula is C28H21ClF2N4O5. The van der Waals surface area contributed by atoms with Crippen molar-refractivity contribution in [3.8, 4) is 17.0 Å². The molecule has 1 aliphatic heterocycles. The van der Waals surface area contributed by atoms with Crippen LogP contribution in [-0.4, -0.2) is 44.1 Å². The zero-order valence-corrected chi connectivity index (χ0v) is 21.7. The predicted octanol–water partition coefficient (Wildman–Crippen LogP) is 4.89. The van der Waals surface area contributed by atoms with Gasteiger partial charge in [0.2, 0.25) is 5.91 Å². The fourth-order valence-corrected chi connectivity index (χ4v) is 4.65. The third-order valence-electron chi connectivity index (χ3n) is 6.33. The van der Waals surface area contributed by atoms with Crippen LogP contribution in [0.1, 0.15) is 32.0 Å². The van der Waals surface area contributed by atoms with E-state index < -0.39 is 36.0 Å². The summed E-state index contributed by atoms with van der Waals surface area (Å²) < 4.78 is 35.7. The van der Waals surface area contributed by atoms with Gasteiger partial charge in [0.1, 0.15) is 30.5 Å². The molecule has 2 amide bonds. The number of fused-ring (bicyclic) bond motifs is 3. The smallest absolute Gasteiger partial charge is 0.335 e. The molecular weight excluding hydrogens is 546 g/mol. The Balaban J connectivity index is 1.48. The van der Waals surface area contributed by atoms with Crippen LogP contribution in [0.15, 0.2) is 60.7 Å². The number of aromatic nitrogens is 2. The first-order valence-corrected chi connectivity index (χ1v) is 12.3. The summed E-state index contributed by atoms with van der Waals surface area (Å²) >= 11 is 5.99. The van der Waals surface area contributed by atoms with E-state index in [0.29, 0.717) is 16.8 Å². The average Bonchev–Trinajstić information content (AvgIpc) is 3.26. The molecule has 5 rings (SSSR count). The topological polar surface area (TPSA) is 114 Å². The van der Waals surface area contributed by atoms with Gasteiger partial charge >= 0.3 is 5.97 Å². The predicted molar refractivity (Wildman–Crippen MR) is 141 cm³/mol. The number of hydrogen-bond donors (Lipinski definition) is 2. The minimum Gasteiger partial charge on any atom is -0.488 e. The maximum atomic E-state index is 14.6.